The number of alkyl halides is 1. The van der Waals surface area contributed by atoms with E-state index in [1.807, 2.05) is 24.3 Å². The van der Waals surface area contributed by atoms with E-state index in [0.717, 1.165) is 46.9 Å². The van der Waals surface area contributed by atoms with Crippen molar-refractivity contribution in [3.63, 3.8) is 0 Å². The molecule has 1 saturated heterocycles. The number of hydrogen-bond acceptors (Lipinski definition) is 3. The van der Waals surface area contributed by atoms with Gasteiger partial charge in [0.25, 0.3) is 0 Å². The Balaban J connectivity index is 1.99. The predicted molar refractivity (Wildman–Crippen MR) is 78.4 cm³/mol. The first-order chi connectivity index (χ1) is 8.78. The van der Waals surface area contributed by atoms with Crippen LogP contribution in [0.1, 0.15) is 12.1 Å². The highest BCUT2D eigenvalue weighted by atomic mass is 79.9. The lowest BCUT2D eigenvalue weighted by Crippen LogP contribution is -2.22. The van der Waals surface area contributed by atoms with Crippen molar-refractivity contribution >= 4 is 32.8 Å². The van der Waals surface area contributed by atoms with Gasteiger partial charge in [-0.05, 0) is 31.4 Å². The van der Waals surface area contributed by atoms with Gasteiger partial charge in [-0.15, -0.1) is 0 Å². The van der Waals surface area contributed by atoms with Crippen LogP contribution in [0.5, 0.6) is 0 Å². The number of aryl methyl sites for hydroxylation is 1. The molecule has 1 aromatic heterocycles. The first-order valence-corrected chi connectivity index (χ1v) is 7.44. The highest BCUT2D eigenvalue weighted by molar-refractivity contribution is 9.09. The minimum absolute atomic E-state index is 0.734. The highest BCUT2D eigenvalue weighted by Crippen LogP contribution is 2.26. The molecule has 94 valence electrons. The van der Waals surface area contributed by atoms with Crippen molar-refractivity contribution in [3.05, 3.63) is 30.0 Å². The van der Waals surface area contributed by atoms with Gasteiger partial charge in [0, 0.05) is 18.4 Å². The number of nitrogens with zero attached hydrogens (tertiary/aromatic N) is 3. The molecule has 1 fully saturated rings. The number of anilines is 1. The zero-order valence-corrected chi connectivity index (χ0v) is 12.0. The number of hydrogen-bond donors (Lipinski definition) is 0. The fraction of sp³-hybridized carbons (Fsp3) is 0.429. The van der Waals surface area contributed by atoms with Gasteiger partial charge in [0.2, 0.25) is 0 Å². The molecule has 1 unspecified atom stereocenters. The molecule has 2 aromatic rings. The molecule has 0 radical (unpaired) electrons. The smallest absolute Gasteiger partial charge is 0.150 e. The lowest BCUT2D eigenvalue weighted by Gasteiger charge is -2.19. The van der Waals surface area contributed by atoms with Crippen LogP contribution in [0.4, 0.5) is 5.82 Å². The molecule has 0 aliphatic carbocycles. The molecule has 3 nitrogen and oxygen atoms in total. The normalized spacial score (nSPS) is 19.7. The number of halogens is 1. The fourth-order valence-electron chi connectivity index (χ4n) is 2.53. The van der Waals surface area contributed by atoms with E-state index in [-0.39, 0.29) is 0 Å². The van der Waals surface area contributed by atoms with Gasteiger partial charge >= 0.3 is 0 Å². The Morgan fingerprint density at radius 3 is 2.67 bits per heavy atom. The molecule has 3 rings (SSSR count). The van der Waals surface area contributed by atoms with E-state index in [1.165, 1.54) is 6.42 Å². The molecular weight excluding hydrogens is 290 g/mol. The van der Waals surface area contributed by atoms with E-state index < -0.39 is 0 Å². The quantitative estimate of drug-likeness (QED) is 0.798. The summed E-state index contributed by atoms with van der Waals surface area (Å²) in [4.78, 5) is 11.8. The van der Waals surface area contributed by atoms with Gasteiger partial charge in [-0.2, -0.15) is 0 Å². The molecule has 0 saturated carbocycles. The Bertz CT molecular complexity index is 570. The molecule has 0 bridgehead atoms. The highest BCUT2D eigenvalue weighted by Gasteiger charge is 2.24. The van der Waals surface area contributed by atoms with E-state index in [2.05, 4.69) is 32.7 Å². The lowest BCUT2D eigenvalue weighted by atomic mass is 10.2. The van der Waals surface area contributed by atoms with Crippen molar-refractivity contribution in [1.29, 1.82) is 0 Å². The Morgan fingerprint density at radius 1 is 1.28 bits per heavy atom. The van der Waals surface area contributed by atoms with Crippen LogP contribution in [-0.2, 0) is 0 Å². The average Bonchev–Trinajstić information content (AvgIpc) is 2.86. The minimum Gasteiger partial charge on any atom is -0.355 e. The predicted octanol–water partition coefficient (Wildman–Crippen LogP) is 3.16. The minimum atomic E-state index is 0.734. The van der Waals surface area contributed by atoms with Gasteiger partial charge in [-0.3, -0.25) is 0 Å². The maximum absolute atomic E-state index is 4.77. The number of rotatable bonds is 2. The van der Waals surface area contributed by atoms with Gasteiger partial charge in [0.1, 0.15) is 0 Å². The zero-order valence-electron chi connectivity index (χ0n) is 10.4. The van der Waals surface area contributed by atoms with Gasteiger partial charge in [0.15, 0.2) is 5.82 Å². The van der Waals surface area contributed by atoms with Crippen LogP contribution in [0.2, 0.25) is 0 Å². The third-order valence-corrected chi connectivity index (χ3v) is 4.44. The summed E-state index contributed by atoms with van der Waals surface area (Å²) in [6.07, 6.45) is 1.24. The van der Waals surface area contributed by atoms with E-state index in [1.54, 1.807) is 0 Å². The van der Waals surface area contributed by atoms with Gasteiger partial charge in [0.05, 0.1) is 16.7 Å². The molecule has 1 aliphatic rings. The first-order valence-electron chi connectivity index (χ1n) is 6.32. The van der Waals surface area contributed by atoms with Crippen molar-refractivity contribution in [3.8, 4) is 0 Å². The van der Waals surface area contributed by atoms with Crippen LogP contribution in [0.25, 0.3) is 11.0 Å². The second-order valence-electron chi connectivity index (χ2n) is 4.88. The number of para-hydroxylation sites is 2. The summed E-state index contributed by atoms with van der Waals surface area (Å²) in [6, 6.07) is 8.07. The number of benzene rings is 1. The fourth-order valence-corrected chi connectivity index (χ4v) is 3.06. The molecule has 1 aromatic carbocycles. The summed E-state index contributed by atoms with van der Waals surface area (Å²) >= 11 is 3.57. The maximum atomic E-state index is 4.77. The van der Waals surface area contributed by atoms with E-state index >= 15 is 0 Å². The summed E-state index contributed by atoms with van der Waals surface area (Å²) in [6.45, 7) is 4.22. The first kappa shape index (κ1) is 11.9. The third-order valence-electron chi connectivity index (χ3n) is 3.52. The summed E-state index contributed by atoms with van der Waals surface area (Å²) in [7, 11) is 0. The molecule has 18 heavy (non-hydrogen) atoms. The summed E-state index contributed by atoms with van der Waals surface area (Å²) in [5, 5.41) is 1.07. The molecule has 1 atom stereocenters. The van der Waals surface area contributed by atoms with Crippen molar-refractivity contribution in [1.82, 2.24) is 9.97 Å². The second kappa shape index (κ2) is 4.84. The van der Waals surface area contributed by atoms with Crippen LogP contribution in [0.15, 0.2) is 24.3 Å². The van der Waals surface area contributed by atoms with Gasteiger partial charge < -0.3 is 4.90 Å². The molecule has 0 amide bonds. The van der Waals surface area contributed by atoms with Gasteiger partial charge in [-0.1, -0.05) is 28.1 Å². The maximum Gasteiger partial charge on any atom is 0.150 e. The summed E-state index contributed by atoms with van der Waals surface area (Å²) < 4.78 is 0. The standard InChI is InChI=1S/C14H16BrN3/c1-10-14(18-7-6-11(8-15)9-18)17-13-5-3-2-4-12(13)16-10/h2-5,11H,6-9H2,1H3. The van der Waals surface area contributed by atoms with E-state index in [4.69, 9.17) is 4.98 Å². The molecule has 0 spiro atoms. The van der Waals surface area contributed by atoms with Crippen molar-refractivity contribution in [2.24, 2.45) is 5.92 Å². The van der Waals surface area contributed by atoms with Gasteiger partial charge in [-0.25, -0.2) is 9.97 Å². The Hall–Kier alpha value is -1.16. The van der Waals surface area contributed by atoms with E-state index in [0.29, 0.717) is 0 Å². The van der Waals surface area contributed by atoms with Crippen LogP contribution in [-0.4, -0.2) is 28.4 Å². The molecule has 1 aliphatic heterocycles. The average molecular weight is 306 g/mol. The van der Waals surface area contributed by atoms with Crippen LogP contribution in [0.3, 0.4) is 0 Å². The second-order valence-corrected chi connectivity index (χ2v) is 5.52. The van der Waals surface area contributed by atoms with E-state index in [9.17, 15) is 0 Å². The SMILES string of the molecule is Cc1nc2ccccc2nc1N1CCC(CBr)C1. The topological polar surface area (TPSA) is 29.0 Å². The Morgan fingerprint density at radius 2 is 2.00 bits per heavy atom. The van der Waals surface area contributed by atoms with Crippen LogP contribution >= 0.6 is 15.9 Å². The Kier molecular flexibility index (Phi) is 3.20. The monoisotopic (exact) mass is 305 g/mol. The molecule has 4 heteroatoms. The number of aromatic nitrogens is 2. The van der Waals surface area contributed by atoms with Crippen molar-refractivity contribution in [2.45, 2.75) is 13.3 Å². The lowest BCUT2D eigenvalue weighted by molar-refractivity contribution is 0.675. The third kappa shape index (κ3) is 2.09. The van der Waals surface area contributed by atoms with Crippen molar-refractivity contribution < 1.29 is 0 Å². The summed E-state index contributed by atoms with van der Waals surface area (Å²) in [5.74, 6) is 1.79. The van der Waals surface area contributed by atoms with Crippen LogP contribution < -0.4 is 4.90 Å². The number of fused-ring (bicyclic) bond motifs is 1. The zero-order chi connectivity index (χ0) is 12.5. The molecular formula is C14H16BrN3. The van der Waals surface area contributed by atoms with Crippen molar-refractivity contribution in [2.75, 3.05) is 23.3 Å². The molecule has 0 N–H and O–H groups in total. The van der Waals surface area contributed by atoms with Crippen LogP contribution in [0, 0.1) is 12.8 Å². The largest absolute Gasteiger partial charge is 0.355 e. The molecule has 2 heterocycles. The summed E-state index contributed by atoms with van der Waals surface area (Å²) in [5.41, 5.74) is 3.00. The Labute approximate surface area is 115 Å².